The summed E-state index contributed by atoms with van der Waals surface area (Å²) in [4.78, 5) is 12.7. The summed E-state index contributed by atoms with van der Waals surface area (Å²) in [6.45, 7) is 2.06. The van der Waals surface area contributed by atoms with Gasteiger partial charge in [-0.15, -0.1) is 0 Å². The van der Waals surface area contributed by atoms with Crippen molar-refractivity contribution >= 4 is 29.8 Å². The maximum Gasteiger partial charge on any atom is 0.350 e. The topological polar surface area (TPSA) is 26.3 Å². The van der Waals surface area contributed by atoms with Gasteiger partial charge in [-0.25, -0.2) is 0 Å². The van der Waals surface area contributed by atoms with Gasteiger partial charge in [-0.3, -0.25) is 4.79 Å². The summed E-state index contributed by atoms with van der Waals surface area (Å²) < 4.78 is 6.34. The van der Waals surface area contributed by atoms with Crippen molar-refractivity contribution in [1.29, 1.82) is 0 Å². The Morgan fingerprint density at radius 2 is 1.15 bits per heavy atom. The first-order valence-corrected chi connectivity index (χ1v) is 10.9. The lowest BCUT2D eigenvalue weighted by atomic mass is 10.3. The van der Waals surface area contributed by atoms with Gasteiger partial charge in [-0.1, -0.05) is 104 Å². The highest BCUT2D eigenvalue weighted by molar-refractivity contribution is 7.07. The fourth-order valence-corrected chi connectivity index (χ4v) is 6.87. The van der Waals surface area contributed by atoms with Gasteiger partial charge in [0, 0.05) is 0 Å². The van der Waals surface area contributed by atoms with Crippen molar-refractivity contribution in [1.82, 2.24) is 0 Å². The quantitative estimate of drug-likeness (QED) is 0.478. The molecule has 0 atom stereocenters. The zero-order chi connectivity index (χ0) is 18.2. The van der Waals surface area contributed by atoms with E-state index >= 15 is 0 Å². The van der Waals surface area contributed by atoms with Gasteiger partial charge in [0.05, 0.1) is 6.42 Å². The summed E-state index contributed by atoms with van der Waals surface area (Å²) >= 11 is 0. The minimum atomic E-state index is -2.92. The molecule has 0 heterocycles. The van der Waals surface area contributed by atoms with Crippen molar-refractivity contribution in [3.63, 3.8) is 0 Å². The third-order valence-electron chi connectivity index (χ3n) is 4.39. The van der Waals surface area contributed by atoms with Gasteiger partial charge in [0.15, 0.2) is 0 Å². The minimum Gasteiger partial charge on any atom is -0.505 e. The van der Waals surface area contributed by atoms with E-state index in [1.165, 1.54) is 0 Å². The second-order valence-electron chi connectivity index (χ2n) is 6.19. The van der Waals surface area contributed by atoms with Crippen molar-refractivity contribution in [2.24, 2.45) is 0 Å². The minimum absolute atomic E-state index is 0.241. The number of carbonyl (C=O) groups excluding carboxylic acids is 1. The summed E-state index contributed by atoms with van der Waals surface area (Å²) in [5, 5.41) is 3.20. The molecule has 26 heavy (non-hydrogen) atoms. The molecule has 3 aromatic rings. The van der Waals surface area contributed by atoms with Crippen LogP contribution in [0, 0.1) is 6.42 Å². The molecule has 0 saturated carbocycles. The normalized spacial score (nSPS) is 11.1. The van der Waals surface area contributed by atoms with Gasteiger partial charge in [0.1, 0.15) is 0 Å². The van der Waals surface area contributed by atoms with E-state index in [0.717, 1.165) is 28.4 Å². The summed E-state index contributed by atoms with van der Waals surface area (Å²) in [6, 6.07) is 30.4. The Morgan fingerprint density at radius 3 is 1.50 bits per heavy atom. The molecular formula is C23H23O2Si. The van der Waals surface area contributed by atoms with Crippen molar-refractivity contribution in [3.05, 3.63) is 97.4 Å². The second-order valence-corrected chi connectivity index (χ2v) is 9.49. The summed E-state index contributed by atoms with van der Waals surface area (Å²) in [6.07, 6.45) is 3.31. The van der Waals surface area contributed by atoms with Crippen molar-refractivity contribution in [2.45, 2.75) is 19.8 Å². The van der Waals surface area contributed by atoms with Crippen molar-refractivity contribution < 1.29 is 9.22 Å². The Bertz CT molecular complexity index is 720. The first-order chi connectivity index (χ1) is 12.8. The Balaban J connectivity index is 2.19. The highest BCUT2D eigenvalue weighted by atomic mass is 28.4. The van der Waals surface area contributed by atoms with Crippen LogP contribution in [-0.4, -0.2) is 14.3 Å². The number of unbranched alkanes of at least 4 members (excludes halogenated alkanes) is 1. The van der Waals surface area contributed by atoms with Crippen LogP contribution in [0.5, 0.6) is 0 Å². The molecule has 1 radical (unpaired) electrons. The van der Waals surface area contributed by atoms with Gasteiger partial charge in [-0.2, -0.15) is 0 Å². The smallest absolute Gasteiger partial charge is 0.350 e. The molecule has 2 nitrogen and oxygen atoms in total. The van der Waals surface area contributed by atoms with E-state index < -0.39 is 8.32 Å². The van der Waals surface area contributed by atoms with Crippen LogP contribution in [-0.2, 0) is 9.22 Å². The molecule has 0 bridgehead atoms. The zero-order valence-electron chi connectivity index (χ0n) is 15.0. The standard InChI is InChI=1S/C23H23O2Si/c1-2-3-19-23(24)25-26(20-13-7-4-8-14-20,21-15-9-5-10-16-21)22-17-11-6-12-18-22/h4-19H,2-3H2,1H3. The first-order valence-electron chi connectivity index (χ1n) is 9.00. The molecule has 0 aliphatic rings. The first kappa shape index (κ1) is 18.1. The Kier molecular flexibility index (Phi) is 6.02. The Hall–Kier alpha value is -2.65. The molecule has 0 unspecified atom stereocenters. The van der Waals surface area contributed by atoms with Crippen LogP contribution < -0.4 is 15.6 Å². The number of hydrogen-bond acceptors (Lipinski definition) is 2. The largest absolute Gasteiger partial charge is 0.505 e. The third kappa shape index (κ3) is 3.78. The van der Waals surface area contributed by atoms with E-state index in [1.54, 1.807) is 6.42 Å². The number of rotatable bonds is 7. The molecular weight excluding hydrogens is 336 g/mol. The fourth-order valence-electron chi connectivity index (χ4n) is 3.15. The average molecular weight is 360 g/mol. The predicted octanol–water partition coefficient (Wildman–Crippen LogP) is 3.20. The van der Waals surface area contributed by atoms with Gasteiger partial charge in [-0.05, 0) is 22.0 Å². The molecule has 0 N–H and O–H groups in total. The molecule has 3 aromatic carbocycles. The average Bonchev–Trinajstić information content (AvgIpc) is 2.72. The Morgan fingerprint density at radius 1 is 0.769 bits per heavy atom. The number of carbonyl (C=O) groups is 1. The SMILES string of the molecule is CCC[CH]C(=O)O[Si](c1ccccc1)(c1ccccc1)c1ccccc1. The summed E-state index contributed by atoms with van der Waals surface area (Å²) in [5.41, 5.74) is 0. The van der Waals surface area contributed by atoms with Gasteiger partial charge >= 0.3 is 8.32 Å². The van der Waals surface area contributed by atoms with Gasteiger partial charge in [0.25, 0.3) is 5.97 Å². The van der Waals surface area contributed by atoms with E-state index in [2.05, 4.69) is 43.3 Å². The maximum atomic E-state index is 12.7. The molecule has 0 aromatic heterocycles. The molecule has 0 aliphatic carbocycles. The predicted molar refractivity (Wildman–Crippen MR) is 109 cm³/mol. The van der Waals surface area contributed by atoms with Crippen LogP contribution >= 0.6 is 0 Å². The third-order valence-corrected chi connectivity index (χ3v) is 8.34. The molecule has 3 heteroatoms. The lowest BCUT2D eigenvalue weighted by molar-refractivity contribution is -0.131. The van der Waals surface area contributed by atoms with Crippen LogP contribution in [0.15, 0.2) is 91.0 Å². The molecule has 0 fully saturated rings. The van der Waals surface area contributed by atoms with Gasteiger partial charge in [0.2, 0.25) is 0 Å². The van der Waals surface area contributed by atoms with E-state index in [9.17, 15) is 4.79 Å². The van der Waals surface area contributed by atoms with Crippen molar-refractivity contribution in [2.75, 3.05) is 0 Å². The highest BCUT2D eigenvalue weighted by Crippen LogP contribution is 2.11. The van der Waals surface area contributed by atoms with Crippen LogP contribution in [0.1, 0.15) is 19.8 Å². The van der Waals surface area contributed by atoms with E-state index in [-0.39, 0.29) is 5.97 Å². The fraction of sp³-hybridized carbons (Fsp3) is 0.130. The number of benzene rings is 3. The number of hydrogen-bond donors (Lipinski definition) is 0. The van der Waals surface area contributed by atoms with Crippen LogP contribution in [0.4, 0.5) is 0 Å². The van der Waals surface area contributed by atoms with Gasteiger partial charge < -0.3 is 4.43 Å². The van der Waals surface area contributed by atoms with Crippen LogP contribution in [0.3, 0.4) is 0 Å². The summed E-state index contributed by atoms with van der Waals surface area (Å²) in [7, 11) is -2.92. The Labute approximate surface area is 156 Å². The molecule has 0 aliphatic heterocycles. The maximum absolute atomic E-state index is 12.7. The molecule has 3 rings (SSSR count). The summed E-state index contributed by atoms with van der Waals surface area (Å²) in [5.74, 6) is -0.241. The highest BCUT2D eigenvalue weighted by Gasteiger charge is 2.45. The lowest BCUT2D eigenvalue weighted by Crippen LogP contribution is -2.70. The lowest BCUT2D eigenvalue weighted by Gasteiger charge is -2.32. The second kappa shape index (κ2) is 8.63. The van der Waals surface area contributed by atoms with E-state index in [0.29, 0.717) is 0 Å². The molecule has 0 saturated heterocycles. The van der Waals surface area contributed by atoms with Crippen molar-refractivity contribution in [3.8, 4) is 0 Å². The monoisotopic (exact) mass is 359 g/mol. The van der Waals surface area contributed by atoms with E-state index in [1.807, 2.05) is 54.6 Å². The van der Waals surface area contributed by atoms with E-state index in [4.69, 9.17) is 4.43 Å². The zero-order valence-corrected chi connectivity index (χ0v) is 16.0. The molecule has 0 amide bonds. The van der Waals surface area contributed by atoms with Crippen LogP contribution in [0.2, 0.25) is 0 Å². The molecule has 0 spiro atoms. The molecule has 131 valence electrons. The van der Waals surface area contributed by atoms with Crippen LogP contribution in [0.25, 0.3) is 0 Å².